The Balaban J connectivity index is 0.000000361. The number of carboxylic acid groups (broad SMARTS) is 1. The zero-order valence-corrected chi connectivity index (χ0v) is 19.2. The first kappa shape index (κ1) is 27.3. The Kier molecular flexibility index (Phi) is 11.3. The lowest BCUT2D eigenvalue weighted by Crippen LogP contribution is -2.27. The first-order valence-electron chi connectivity index (χ1n) is 10.3. The van der Waals surface area contributed by atoms with Gasteiger partial charge in [-0.1, -0.05) is 32.0 Å². The van der Waals surface area contributed by atoms with Gasteiger partial charge in [-0.2, -0.15) is 0 Å². The van der Waals surface area contributed by atoms with Crippen LogP contribution in [0.3, 0.4) is 0 Å². The van der Waals surface area contributed by atoms with E-state index in [1.807, 2.05) is 13.8 Å². The maximum absolute atomic E-state index is 11.9. The summed E-state index contributed by atoms with van der Waals surface area (Å²) < 4.78 is 9.81. The average molecular weight is 459 g/mol. The molecule has 0 atom stereocenters. The molecule has 0 aliphatic rings. The minimum Gasteiger partial charge on any atom is -0.506 e. The van der Waals surface area contributed by atoms with Crippen molar-refractivity contribution in [3.63, 3.8) is 0 Å². The van der Waals surface area contributed by atoms with E-state index in [2.05, 4.69) is 9.64 Å². The summed E-state index contributed by atoms with van der Waals surface area (Å²) in [4.78, 5) is 46.5. The number of phenolic OH excluding ortho intramolecular Hbond substituents is 1. The van der Waals surface area contributed by atoms with E-state index in [-0.39, 0.29) is 40.6 Å². The van der Waals surface area contributed by atoms with Gasteiger partial charge in [0.2, 0.25) is 0 Å². The molecule has 0 aliphatic carbocycles. The normalized spacial score (nSPS) is 10.1. The quantitative estimate of drug-likeness (QED) is 0.329. The van der Waals surface area contributed by atoms with Crippen molar-refractivity contribution in [1.82, 2.24) is 4.90 Å². The van der Waals surface area contributed by atoms with Crippen molar-refractivity contribution in [1.29, 1.82) is 0 Å². The third-order valence-corrected chi connectivity index (χ3v) is 4.54. The number of ether oxygens (including phenoxy) is 2. The predicted octanol–water partition coefficient (Wildman–Crippen LogP) is 3.40. The topological polar surface area (TPSA) is 130 Å². The van der Waals surface area contributed by atoms with Crippen molar-refractivity contribution in [2.75, 3.05) is 26.2 Å². The molecular formula is C24H29NO8. The Bertz CT molecular complexity index is 982. The van der Waals surface area contributed by atoms with Gasteiger partial charge in [0.1, 0.15) is 29.2 Å². The van der Waals surface area contributed by atoms with Crippen LogP contribution in [0.5, 0.6) is 11.5 Å². The van der Waals surface area contributed by atoms with Gasteiger partial charge in [-0.15, -0.1) is 0 Å². The summed E-state index contributed by atoms with van der Waals surface area (Å²) in [5.74, 6) is -2.79. The summed E-state index contributed by atoms with van der Waals surface area (Å²) in [7, 11) is 0. The van der Waals surface area contributed by atoms with Crippen LogP contribution in [0.2, 0.25) is 0 Å². The zero-order valence-electron chi connectivity index (χ0n) is 19.2. The second-order valence-corrected chi connectivity index (χ2v) is 6.82. The number of aromatic hydroxyl groups is 1. The van der Waals surface area contributed by atoms with Crippen molar-refractivity contribution >= 4 is 23.7 Å². The molecule has 9 heteroatoms. The lowest BCUT2D eigenvalue weighted by atomic mass is 10.1. The maximum atomic E-state index is 11.9. The Hall–Kier alpha value is -3.72. The van der Waals surface area contributed by atoms with Gasteiger partial charge in [-0.05, 0) is 44.3 Å². The van der Waals surface area contributed by atoms with Crippen LogP contribution in [0.15, 0.2) is 42.5 Å². The minimum atomic E-state index is -1.11. The molecule has 0 bridgehead atoms. The number of esters is 2. The lowest BCUT2D eigenvalue weighted by molar-refractivity contribution is -0.131. The fourth-order valence-corrected chi connectivity index (χ4v) is 2.76. The van der Waals surface area contributed by atoms with E-state index in [9.17, 15) is 24.3 Å². The molecule has 33 heavy (non-hydrogen) atoms. The Labute approximate surface area is 192 Å². The fourth-order valence-electron chi connectivity index (χ4n) is 2.76. The summed E-state index contributed by atoms with van der Waals surface area (Å²) in [6, 6.07) is 10.5. The first-order valence-corrected chi connectivity index (χ1v) is 10.3. The van der Waals surface area contributed by atoms with Gasteiger partial charge in [0.15, 0.2) is 5.78 Å². The van der Waals surface area contributed by atoms with E-state index in [1.165, 1.54) is 38.1 Å². The van der Waals surface area contributed by atoms with Crippen molar-refractivity contribution in [3.05, 3.63) is 59.2 Å². The van der Waals surface area contributed by atoms with Gasteiger partial charge in [-0.25, -0.2) is 9.59 Å². The number of carbonyl (C=O) groups is 4. The van der Waals surface area contributed by atoms with Gasteiger partial charge >= 0.3 is 17.9 Å². The molecule has 0 fully saturated rings. The molecule has 0 aromatic heterocycles. The number of likely N-dealkylation sites (N-methyl/N-ethyl adjacent to an activating group) is 1. The Morgan fingerprint density at radius 1 is 0.879 bits per heavy atom. The molecule has 2 aromatic carbocycles. The molecule has 2 rings (SSSR count). The van der Waals surface area contributed by atoms with Crippen LogP contribution < -0.4 is 4.74 Å². The molecule has 178 valence electrons. The maximum Gasteiger partial charge on any atom is 0.341 e. The van der Waals surface area contributed by atoms with Crippen LogP contribution in [-0.2, 0) is 9.53 Å². The Morgan fingerprint density at radius 3 is 2.00 bits per heavy atom. The number of carbonyl (C=O) groups excluding carboxylic acids is 3. The highest BCUT2D eigenvalue weighted by molar-refractivity contribution is 6.02. The number of phenols is 1. The van der Waals surface area contributed by atoms with Gasteiger partial charge in [0.05, 0.1) is 5.56 Å². The van der Waals surface area contributed by atoms with E-state index >= 15 is 0 Å². The lowest BCUT2D eigenvalue weighted by Gasteiger charge is -2.17. The van der Waals surface area contributed by atoms with Gasteiger partial charge in [0.25, 0.3) is 0 Å². The van der Waals surface area contributed by atoms with Crippen LogP contribution in [0.1, 0.15) is 58.8 Å². The average Bonchev–Trinajstić information content (AvgIpc) is 2.76. The van der Waals surface area contributed by atoms with Crippen LogP contribution in [-0.4, -0.2) is 65.0 Å². The zero-order chi connectivity index (χ0) is 25.0. The van der Waals surface area contributed by atoms with Crippen molar-refractivity contribution in [2.24, 2.45) is 0 Å². The van der Waals surface area contributed by atoms with E-state index in [0.29, 0.717) is 6.54 Å². The molecule has 0 radical (unpaired) electrons. The number of hydrogen-bond acceptors (Lipinski definition) is 8. The van der Waals surface area contributed by atoms with Crippen molar-refractivity contribution in [3.8, 4) is 11.5 Å². The first-order chi connectivity index (χ1) is 15.6. The monoisotopic (exact) mass is 459 g/mol. The smallest absolute Gasteiger partial charge is 0.341 e. The molecule has 0 heterocycles. The molecule has 2 N–H and O–H groups in total. The van der Waals surface area contributed by atoms with E-state index in [0.717, 1.165) is 13.1 Å². The standard InChI is InChI=1S/C15H21NO4.C9H8O4/c1-4-16(5-2)9-10-20-15(19)13-8-6-7-12(11(3)17)14(13)18;1-6(10)13-8-5-3-2-4-7(8)9(11)12/h6-8,18H,4-5,9-10H2,1-3H3;2-5H,1H3,(H,11,12). The number of aromatic carboxylic acids is 1. The minimum absolute atomic E-state index is 0.0160. The predicted molar refractivity (Wildman–Crippen MR) is 121 cm³/mol. The second-order valence-electron chi connectivity index (χ2n) is 6.82. The summed E-state index contributed by atoms with van der Waals surface area (Å²) in [6.07, 6.45) is 0. The number of carboxylic acids is 1. The number of hydrogen-bond donors (Lipinski definition) is 2. The number of para-hydroxylation sites is 2. The highest BCUT2D eigenvalue weighted by atomic mass is 16.5. The molecule has 0 saturated carbocycles. The van der Waals surface area contributed by atoms with E-state index in [1.54, 1.807) is 18.2 Å². The fraction of sp³-hybridized carbons (Fsp3) is 0.333. The largest absolute Gasteiger partial charge is 0.506 e. The number of Topliss-reactive ketones (excluding diaryl/α,β-unsaturated/α-hetero) is 1. The van der Waals surface area contributed by atoms with Crippen LogP contribution in [0, 0.1) is 0 Å². The number of nitrogens with zero attached hydrogens (tertiary/aromatic N) is 1. The van der Waals surface area contributed by atoms with Gasteiger partial charge in [0, 0.05) is 13.5 Å². The van der Waals surface area contributed by atoms with Gasteiger partial charge < -0.3 is 24.6 Å². The van der Waals surface area contributed by atoms with Crippen molar-refractivity contribution < 1.29 is 38.9 Å². The second kappa shape index (κ2) is 13.6. The highest BCUT2D eigenvalue weighted by Gasteiger charge is 2.17. The molecule has 0 spiro atoms. The number of benzene rings is 2. The summed E-state index contributed by atoms with van der Waals surface area (Å²) in [5.41, 5.74) is 0.137. The van der Waals surface area contributed by atoms with E-state index < -0.39 is 17.9 Å². The SMILES string of the molecule is CC(=O)Oc1ccccc1C(=O)O.CCN(CC)CCOC(=O)c1cccc(C(C)=O)c1O. The number of rotatable bonds is 9. The molecule has 0 aliphatic heterocycles. The Morgan fingerprint density at radius 2 is 1.45 bits per heavy atom. The highest BCUT2D eigenvalue weighted by Crippen LogP contribution is 2.23. The van der Waals surface area contributed by atoms with Crippen LogP contribution in [0.25, 0.3) is 0 Å². The van der Waals surface area contributed by atoms with Crippen molar-refractivity contribution in [2.45, 2.75) is 27.7 Å². The summed E-state index contributed by atoms with van der Waals surface area (Å²) in [5, 5.41) is 18.6. The van der Waals surface area contributed by atoms with E-state index in [4.69, 9.17) is 9.84 Å². The molecule has 0 saturated heterocycles. The summed E-state index contributed by atoms with van der Waals surface area (Å²) >= 11 is 0. The third-order valence-electron chi connectivity index (χ3n) is 4.54. The molecule has 0 amide bonds. The molecule has 9 nitrogen and oxygen atoms in total. The summed E-state index contributed by atoms with van der Waals surface area (Å²) in [6.45, 7) is 9.30. The van der Waals surface area contributed by atoms with Gasteiger partial charge in [-0.3, -0.25) is 9.59 Å². The van der Waals surface area contributed by atoms with Crippen LogP contribution in [0.4, 0.5) is 0 Å². The number of ketones is 1. The third kappa shape index (κ3) is 8.74. The molecule has 2 aromatic rings. The van der Waals surface area contributed by atoms with Crippen LogP contribution >= 0.6 is 0 Å². The molecule has 0 unspecified atom stereocenters. The molecular weight excluding hydrogens is 430 g/mol.